The Bertz CT molecular complexity index is 435. The SMILES string of the molecule is CC(=O)Oc1cc([N+](=O)[O-])c(Br)cc1F. The van der Waals surface area contributed by atoms with Gasteiger partial charge >= 0.3 is 5.97 Å². The van der Waals surface area contributed by atoms with Crippen LogP contribution in [0.5, 0.6) is 5.75 Å². The average Bonchev–Trinajstić information content (AvgIpc) is 2.08. The molecule has 1 rings (SSSR count). The molecule has 0 fully saturated rings. The Labute approximate surface area is 92.1 Å². The Morgan fingerprint density at radius 3 is 2.67 bits per heavy atom. The monoisotopic (exact) mass is 277 g/mol. The third-order valence-corrected chi connectivity index (χ3v) is 2.09. The predicted molar refractivity (Wildman–Crippen MR) is 52.1 cm³/mol. The lowest BCUT2D eigenvalue weighted by atomic mass is 10.3. The quantitative estimate of drug-likeness (QED) is 0.360. The summed E-state index contributed by atoms with van der Waals surface area (Å²) >= 11 is 2.83. The molecule has 5 nitrogen and oxygen atoms in total. The van der Waals surface area contributed by atoms with Crippen LogP contribution in [0.4, 0.5) is 10.1 Å². The maximum Gasteiger partial charge on any atom is 0.308 e. The molecule has 0 atom stereocenters. The molecule has 7 heteroatoms. The van der Waals surface area contributed by atoms with Crippen LogP contribution < -0.4 is 4.74 Å². The number of benzene rings is 1. The van der Waals surface area contributed by atoms with Gasteiger partial charge in [0.05, 0.1) is 15.5 Å². The summed E-state index contributed by atoms with van der Waals surface area (Å²) in [5.74, 6) is -2.05. The van der Waals surface area contributed by atoms with E-state index in [4.69, 9.17) is 0 Å². The molecule has 0 bridgehead atoms. The summed E-state index contributed by atoms with van der Waals surface area (Å²) in [6, 6.07) is 1.72. The summed E-state index contributed by atoms with van der Waals surface area (Å²) in [6.07, 6.45) is 0. The molecule has 0 N–H and O–H groups in total. The summed E-state index contributed by atoms with van der Waals surface area (Å²) in [4.78, 5) is 20.3. The van der Waals surface area contributed by atoms with Gasteiger partial charge in [-0.25, -0.2) is 4.39 Å². The molecule has 0 unspecified atom stereocenters. The zero-order valence-electron chi connectivity index (χ0n) is 7.49. The van der Waals surface area contributed by atoms with E-state index in [1.165, 1.54) is 0 Å². The summed E-state index contributed by atoms with van der Waals surface area (Å²) < 4.78 is 17.6. The third-order valence-electron chi connectivity index (χ3n) is 1.45. The number of carbonyl (C=O) groups is 1. The number of ether oxygens (including phenoxy) is 1. The van der Waals surface area contributed by atoms with Crippen molar-refractivity contribution in [1.82, 2.24) is 0 Å². The minimum atomic E-state index is -0.845. The van der Waals surface area contributed by atoms with Crippen LogP contribution in [0.1, 0.15) is 6.92 Å². The number of hydrogen-bond donors (Lipinski definition) is 0. The molecule has 0 aliphatic carbocycles. The number of nitro groups is 1. The lowest BCUT2D eigenvalue weighted by Gasteiger charge is -2.03. The summed E-state index contributed by atoms with van der Waals surface area (Å²) in [5.41, 5.74) is -0.368. The second-order valence-electron chi connectivity index (χ2n) is 2.58. The van der Waals surface area contributed by atoms with Gasteiger partial charge in [-0.05, 0) is 22.0 Å². The van der Waals surface area contributed by atoms with Crippen LogP contribution >= 0.6 is 15.9 Å². The molecule has 0 aliphatic heterocycles. The van der Waals surface area contributed by atoms with Gasteiger partial charge in [0, 0.05) is 6.92 Å². The minimum Gasteiger partial charge on any atom is -0.423 e. The van der Waals surface area contributed by atoms with Gasteiger partial charge in [0.1, 0.15) is 0 Å². The van der Waals surface area contributed by atoms with Gasteiger partial charge in [0.15, 0.2) is 11.6 Å². The number of nitrogens with zero attached hydrogens (tertiary/aromatic N) is 1. The van der Waals surface area contributed by atoms with E-state index in [0.717, 1.165) is 19.1 Å². The Hall–Kier alpha value is -1.50. The van der Waals surface area contributed by atoms with Crippen LogP contribution in [-0.4, -0.2) is 10.9 Å². The van der Waals surface area contributed by atoms with Gasteiger partial charge in [-0.3, -0.25) is 14.9 Å². The Morgan fingerprint density at radius 1 is 1.60 bits per heavy atom. The fourth-order valence-corrected chi connectivity index (χ4v) is 1.35. The Kier molecular flexibility index (Phi) is 3.35. The van der Waals surface area contributed by atoms with Crippen LogP contribution in [0.25, 0.3) is 0 Å². The first-order chi connectivity index (χ1) is 6.91. The van der Waals surface area contributed by atoms with Gasteiger partial charge in [0.2, 0.25) is 0 Å². The lowest BCUT2D eigenvalue weighted by molar-refractivity contribution is -0.385. The van der Waals surface area contributed by atoms with Crippen LogP contribution in [0, 0.1) is 15.9 Å². The summed E-state index contributed by atoms with van der Waals surface area (Å²) in [5, 5.41) is 10.5. The number of esters is 1. The van der Waals surface area contributed by atoms with Crippen molar-refractivity contribution < 1.29 is 18.8 Å². The largest absolute Gasteiger partial charge is 0.423 e. The van der Waals surface area contributed by atoms with Crippen molar-refractivity contribution in [3.8, 4) is 5.75 Å². The highest BCUT2D eigenvalue weighted by molar-refractivity contribution is 9.10. The first-order valence-corrected chi connectivity index (χ1v) is 4.53. The number of rotatable bonds is 2. The van der Waals surface area contributed by atoms with Crippen LogP contribution in [-0.2, 0) is 4.79 Å². The normalized spacial score (nSPS) is 9.80. The van der Waals surface area contributed by atoms with Gasteiger partial charge in [-0.2, -0.15) is 0 Å². The van der Waals surface area contributed by atoms with Gasteiger partial charge in [-0.1, -0.05) is 0 Å². The van der Waals surface area contributed by atoms with Crippen LogP contribution in [0.2, 0.25) is 0 Å². The molecule has 0 amide bonds. The number of halogens is 2. The van der Waals surface area contributed by atoms with E-state index in [2.05, 4.69) is 20.7 Å². The van der Waals surface area contributed by atoms with Crippen LogP contribution in [0.3, 0.4) is 0 Å². The minimum absolute atomic E-state index is 0.0131. The van der Waals surface area contributed by atoms with Crippen molar-refractivity contribution in [2.24, 2.45) is 0 Å². The topological polar surface area (TPSA) is 69.4 Å². The maximum atomic E-state index is 13.1. The molecule has 0 saturated carbocycles. The van der Waals surface area contributed by atoms with Crippen molar-refractivity contribution in [3.63, 3.8) is 0 Å². The molecule has 0 saturated heterocycles. The molecule has 1 aromatic rings. The zero-order valence-corrected chi connectivity index (χ0v) is 9.08. The van der Waals surface area contributed by atoms with E-state index in [0.29, 0.717) is 0 Å². The van der Waals surface area contributed by atoms with Crippen molar-refractivity contribution in [2.75, 3.05) is 0 Å². The van der Waals surface area contributed by atoms with Crippen LogP contribution in [0.15, 0.2) is 16.6 Å². The fraction of sp³-hybridized carbons (Fsp3) is 0.125. The second-order valence-corrected chi connectivity index (χ2v) is 3.44. The van der Waals surface area contributed by atoms with Crippen molar-refractivity contribution >= 4 is 27.6 Å². The number of hydrogen-bond acceptors (Lipinski definition) is 4. The summed E-state index contributed by atoms with van der Waals surface area (Å²) in [6.45, 7) is 1.08. The standard InChI is InChI=1S/C8H5BrFNO4/c1-4(12)15-8-3-7(11(13)14)5(9)2-6(8)10/h2-3H,1H3. The van der Waals surface area contributed by atoms with Gasteiger partial charge in [-0.15, -0.1) is 0 Å². The molecule has 15 heavy (non-hydrogen) atoms. The number of carbonyl (C=O) groups excluding carboxylic acids is 1. The second kappa shape index (κ2) is 4.35. The molecule has 0 radical (unpaired) electrons. The molecular weight excluding hydrogens is 273 g/mol. The highest BCUT2D eigenvalue weighted by atomic mass is 79.9. The molecular formula is C8H5BrFNO4. The highest BCUT2D eigenvalue weighted by Crippen LogP contribution is 2.31. The van der Waals surface area contributed by atoms with Crippen molar-refractivity contribution in [2.45, 2.75) is 6.92 Å². The fourth-order valence-electron chi connectivity index (χ4n) is 0.891. The van der Waals surface area contributed by atoms with Gasteiger partial charge in [0.25, 0.3) is 5.69 Å². The number of nitro benzene ring substituents is 1. The van der Waals surface area contributed by atoms with Crippen molar-refractivity contribution in [1.29, 1.82) is 0 Å². The van der Waals surface area contributed by atoms with E-state index < -0.39 is 22.5 Å². The molecule has 0 aromatic heterocycles. The first-order valence-electron chi connectivity index (χ1n) is 3.73. The Balaban J connectivity index is 3.23. The smallest absolute Gasteiger partial charge is 0.308 e. The van der Waals surface area contributed by atoms with Crippen molar-refractivity contribution in [3.05, 3.63) is 32.5 Å². The molecule has 80 valence electrons. The third kappa shape index (κ3) is 2.72. The molecule has 0 spiro atoms. The average molecular weight is 278 g/mol. The molecule has 0 heterocycles. The Morgan fingerprint density at radius 2 is 2.20 bits per heavy atom. The summed E-state index contributed by atoms with van der Waals surface area (Å²) in [7, 11) is 0. The van der Waals surface area contributed by atoms with E-state index in [-0.39, 0.29) is 10.2 Å². The predicted octanol–water partition coefficient (Wildman–Crippen LogP) is 2.42. The molecule has 1 aromatic carbocycles. The zero-order chi connectivity index (χ0) is 11.6. The maximum absolute atomic E-state index is 13.1. The highest BCUT2D eigenvalue weighted by Gasteiger charge is 2.18. The van der Waals surface area contributed by atoms with E-state index in [1.54, 1.807) is 0 Å². The van der Waals surface area contributed by atoms with Gasteiger partial charge < -0.3 is 4.74 Å². The lowest BCUT2D eigenvalue weighted by Crippen LogP contribution is -2.04. The van der Waals surface area contributed by atoms with E-state index in [9.17, 15) is 19.3 Å². The first kappa shape index (κ1) is 11.6. The van der Waals surface area contributed by atoms with E-state index in [1.807, 2.05) is 0 Å². The molecule has 0 aliphatic rings. The van der Waals surface area contributed by atoms with E-state index >= 15 is 0 Å².